The van der Waals surface area contributed by atoms with Crippen LogP contribution in [0.25, 0.3) is 0 Å². The minimum atomic E-state index is -0.0151. The Kier molecular flexibility index (Phi) is 5.18. The van der Waals surface area contributed by atoms with Crippen LogP contribution in [0.4, 0.5) is 0 Å². The highest BCUT2D eigenvalue weighted by Gasteiger charge is 2.12. The maximum absolute atomic E-state index is 6.27. The number of hydrogen-bond donors (Lipinski definition) is 1. The average Bonchev–Trinajstić information content (AvgIpc) is 2.94. The van der Waals surface area contributed by atoms with Gasteiger partial charge in [-0.05, 0) is 37.0 Å². The molecule has 0 aliphatic heterocycles. The van der Waals surface area contributed by atoms with Gasteiger partial charge in [0.25, 0.3) is 0 Å². The molecule has 1 heterocycles. The third-order valence-electron chi connectivity index (χ3n) is 3.45. The van der Waals surface area contributed by atoms with E-state index in [2.05, 4.69) is 28.6 Å². The molecule has 1 aromatic heterocycles. The summed E-state index contributed by atoms with van der Waals surface area (Å²) < 4.78 is 7.31. The number of nitrogens with zero attached hydrogens (tertiary/aromatic N) is 2. The van der Waals surface area contributed by atoms with Crippen LogP contribution in [0.5, 0.6) is 5.75 Å². The molecular formula is C16H23N3O. The second-order valence-corrected chi connectivity index (χ2v) is 4.97. The predicted molar refractivity (Wildman–Crippen MR) is 80.8 cm³/mol. The molecular weight excluding hydrogens is 250 g/mol. The van der Waals surface area contributed by atoms with E-state index in [1.54, 1.807) is 7.11 Å². The van der Waals surface area contributed by atoms with Crippen LogP contribution >= 0.6 is 0 Å². The Labute approximate surface area is 120 Å². The fraction of sp³-hybridized carbons (Fsp3) is 0.438. The van der Waals surface area contributed by atoms with Crippen molar-refractivity contribution in [1.82, 2.24) is 9.55 Å². The number of rotatable bonds is 7. The number of methoxy groups -OCH3 is 1. The molecule has 2 N–H and O–H groups in total. The molecule has 0 fully saturated rings. The van der Waals surface area contributed by atoms with Crippen LogP contribution in [0.2, 0.25) is 0 Å². The molecule has 108 valence electrons. The lowest BCUT2D eigenvalue weighted by Gasteiger charge is -2.13. The van der Waals surface area contributed by atoms with E-state index in [1.165, 1.54) is 5.56 Å². The Bertz CT molecular complexity index is 519. The van der Waals surface area contributed by atoms with E-state index in [-0.39, 0.29) is 6.04 Å². The van der Waals surface area contributed by atoms with E-state index in [0.717, 1.165) is 37.4 Å². The van der Waals surface area contributed by atoms with Gasteiger partial charge >= 0.3 is 0 Å². The number of nitrogens with two attached hydrogens (primary N) is 1. The molecule has 0 bridgehead atoms. The SMILES string of the molecule is CCCn1ccnc1C(N)CCc1ccc(OC)cc1. The normalized spacial score (nSPS) is 12.3. The molecule has 4 heteroatoms. The first kappa shape index (κ1) is 14.6. The highest BCUT2D eigenvalue weighted by atomic mass is 16.5. The van der Waals surface area contributed by atoms with Crippen molar-refractivity contribution in [2.45, 2.75) is 38.8 Å². The first-order valence-corrected chi connectivity index (χ1v) is 7.14. The average molecular weight is 273 g/mol. The van der Waals surface area contributed by atoms with Crippen LogP contribution in [-0.4, -0.2) is 16.7 Å². The highest BCUT2D eigenvalue weighted by Crippen LogP contribution is 2.18. The van der Waals surface area contributed by atoms with Crippen LogP contribution in [0, 0.1) is 0 Å². The summed E-state index contributed by atoms with van der Waals surface area (Å²) >= 11 is 0. The maximum Gasteiger partial charge on any atom is 0.125 e. The quantitative estimate of drug-likeness (QED) is 0.844. The number of benzene rings is 1. The summed E-state index contributed by atoms with van der Waals surface area (Å²) in [6.07, 6.45) is 6.77. The van der Waals surface area contributed by atoms with E-state index in [0.29, 0.717) is 0 Å². The van der Waals surface area contributed by atoms with E-state index in [9.17, 15) is 0 Å². The van der Waals surface area contributed by atoms with Gasteiger partial charge in [-0.3, -0.25) is 0 Å². The van der Waals surface area contributed by atoms with Gasteiger partial charge in [0.2, 0.25) is 0 Å². The standard InChI is InChI=1S/C16H23N3O/c1-3-11-19-12-10-18-16(19)15(17)9-6-13-4-7-14(20-2)8-5-13/h4-5,7-8,10,12,15H,3,6,9,11,17H2,1-2H3. The summed E-state index contributed by atoms with van der Waals surface area (Å²) in [6, 6.07) is 8.13. The molecule has 0 radical (unpaired) electrons. The summed E-state index contributed by atoms with van der Waals surface area (Å²) in [4.78, 5) is 4.39. The molecule has 0 saturated carbocycles. The molecule has 0 aliphatic carbocycles. The van der Waals surface area contributed by atoms with E-state index in [4.69, 9.17) is 10.5 Å². The van der Waals surface area contributed by atoms with Gasteiger partial charge in [0.1, 0.15) is 11.6 Å². The molecule has 2 rings (SSSR count). The van der Waals surface area contributed by atoms with Crippen molar-refractivity contribution in [3.63, 3.8) is 0 Å². The van der Waals surface area contributed by atoms with Crippen molar-refractivity contribution < 1.29 is 4.74 Å². The zero-order chi connectivity index (χ0) is 14.4. The van der Waals surface area contributed by atoms with E-state index in [1.807, 2.05) is 24.5 Å². The fourth-order valence-corrected chi connectivity index (χ4v) is 2.32. The van der Waals surface area contributed by atoms with Gasteiger partial charge in [0.15, 0.2) is 0 Å². The summed E-state index contributed by atoms with van der Waals surface area (Å²) in [7, 11) is 1.68. The van der Waals surface area contributed by atoms with E-state index < -0.39 is 0 Å². The Hall–Kier alpha value is -1.81. The third-order valence-corrected chi connectivity index (χ3v) is 3.45. The summed E-state index contributed by atoms with van der Waals surface area (Å²) in [5, 5.41) is 0. The lowest BCUT2D eigenvalue weighted by atomic mass is 10.1. The minimum absolute atomic E-state index is 0.0151. The zero-order valence-electron chi connectivity index (χ0n) is 12.2. The predicted octanol–water partition coefficient (Wildman–Crippen LogP) is 2.93. The molecule has 1 aromatic carbocycles. The lowest BCUT2D eigenvalue weighted by Crippen LogP contribution is -2.17. The monoisotopic (exact) mass is 273 g/mol. The van der Waals surface area contributed by atoms with Crippen molar-refractivity contribution in [2.75, 3.05) is 7.11 Å². The third kappa shape index (κ3) is 3.61. The molecule has 2 aromatic rings. The summed E-state index contributed by atoms with van der Waals surface area (Å²) in [5.41, 5.74) is 7.54. The number of aryl methyl sites for hydroxylation is 2. The molecule has 0 amide bonds. The van der Waals surface area contributed by atoms with Gasteiger partial charge in [0, 0.05) is 18.9 Å². The molecule has 0 aliphatic rings. The second-order valence-electron chi connectivity index (χ2n) is 4.97. The smallest absolute Gasteiger partial charge is 0.125 e. The minimum Gasteiger partial charge on any atom is -0.497 e. The van der Waals surface area contributed by atoms with Gasteiger partial charge in [-0.2, -0.15) is 0 Å². The van der Waals surface area contributed by atoms with Gasteiger partial charge in [0.05, 0.1) is 13.2 Å². The van der Waals surface area contributed by atoms with E-state index >= 15 is 0 Å². The first-order chi connectivity index (χ1) is 9.74. The van der Waals surface area contributed by atoms with Crippen molar-refractivity contribution in [3.8, 4) is 5.75 Å². The number of ether oxygens (including phenoxy) is 1. The molecule has 1 atom stereocenters. The van der Waals surface area contributed by atoms with Crippen molar-refractivity contribution in [3.05, 3.63) is 48.0 Å². The Morgan fingerprint density at radius 3 is 2.70 bits per heavy atom. The molecule has 1 unspecified atom stereocenters. The molecule has 20 heavy (non-hydrogen) atoms. The van der Waals surface area contributed by atoms with Gasteiger partial charge in [-0.1, -0.05) is 19.1 Å². The van der Waals surface area contributed by atoms with Crippen LogP contribution in [0.15, 0.2) is 36.7 Å². The fourth-order valence-electron chi connectivity index (χ4n) is 2.32. The van der Waals surface area contributed by atoms with Crippen LogP contribution in [0.3, 0.4) is 0 Å². The van der Waals surface area contributed by atoms with Gasteiger partial charge < -0.3 is 15.0 Å². The number of aromatic nitrogens is 2. The zero-order valence-corrected chi connectivity index (χ0v) is 12.2. The first-order valence-electron chi connectivity index (χ1n) is 7.14. The van der Waals surface area contributed by atoms with Crippen molar-refractivity contribution >= 4 is 0 Å². The summed E-state index contributed by atoms with van der Waals surface area (Å²) in [5.74, 6) is 1.87. The lowest BCUT2D eigenvalue weighted by molar-refractivity contribution is 0.414. The van der Waals surface area contributed by atoms with Crippen LogP contribution < -0.4 is 10.5 Å². The van der Waals surface area contributed by atoms with Crippen LogP contribution in [0.1, 0.15) is 37.2 Å². The molecule has 0 saturated heterocycles. The van der Waals surface area contributed by atoms with Crippen molar-refractivity contribution in [1.29, 1.82) is 0 Å². The molecule has 4 nitrogen and oxygen atoms in total. The van der Waals surface area contributed by atoms with Crippen LogP contribution in [-0.2, 0) is 13.0 Å². The summed E-state index contributed by atoms with van der Waals surface area (Å²) in [6.45, 7) is 3.14. The maximum atomic E-state index is 6.27. The second kappa shape index (κ2) is 7.10. The van der Waals surface area contributed by atoms with Crippen molar-refractivity contribution in [2.24, 2.45) is 5.73 Å². The Morgan fingerprint density at radius 1 is 1.30 bits per heavy atom. The largest absolute Gasteiger partial charge is 0.497 e. The highest BCUT2D eigenvalue weighted by molar-refractivity contribution is 5.27. The Morgan fingerprint density at radius 2 is 2.05 bits per heavy atom. The Balaban J connectivity index is 1.93. The van der Waals surface area contributed by atoms with Gasteiger partial charge in [-0.25, -0.2) is 4.98 Å². The topological polar surface area (TPSA) is 53.1 Å². The number of imidazole rings is 1. The van der Waals surface area contributed by atoms with Gasteiger partial charge in [-0.15, -0.1) is 0 Å². The number of hydrogen-bond acceptors (Lipinski definition) is 3. The molecule has 0 spiro atoms.